The zero-order chi connectivity index (χ0) is 22.3. The molecule has 4 rings (SSSR count). The van der Waals surface area contributed by atoms with Crippen LogP contribution in [-0.4, -0.2) is 70.3 Å². The maximum Gasteiger partial charge on any atom is 0.270 e. The van der Waals surface area contributed by atoms with Crippen molar-refractivity contribution in [3.05, 3.63) is 53.5 Å². The van der Waals surface area contributed by atoms with Crippen molar-refractivity contribution in [2.45, 2.75) is 45.2 Å². The van der Waals surface area contributed by atoms with Crippen LogP contribution in [-0.2, 0) is 17.8 Å². The molecule has 2 aliphatic rings. The van der Waals surface area contributed by atoms with E-state index in [0.29, 0.717) is 18.1 Å². The number of likely N-dealkylation sites (tertiary alicyclic amines) is 1. The Labute approximate surface area is 189 Å². The van der Waals surface area contributed by atoms with E-state index in [9.17, 15) is 9.59 Å². The minimum Gasteiger partial charge on any atom is -0.367 e. The van der Waals surface area contributed by atoms with E-state index >= 15 is 0 Å². The van der Waals surface area contributed by atoms with Crippen molar-refractivity contribution in [1.82, 2.24) is 25.1 Å². The summed E-state index contributed by atoms with van der Waals surface area (Å²) in [5.41, 5.74) is 3.24. The standard InChI is InChI=1S/C24H32N6O2/c1-18(31)30-13-8-21(9-14-30)28-23-15-22(26-17-27-23)24(32)25-10-4-11-29-12-7-19-5-2-3-6-20(19)16-29/h2-3,5-6,15,17,21H,4,7-14,16H2,1H3,(H,25,32)(H,26,27,28). The van der Waals surface area contributed by atoms with Crippen molar-refractivity contribution in [3.63, 3.8) is 0 Å². The highest BCUT2D eigenvalue weighted by Gasteiger charge is 2.21. The number of hydrogen-bond acceptors (Lipinski definition) is 6. The Balaban J connectivity index is 1.19. The Hall–Kier alpha value is -3.00. The van der Waals surface area contributed by atoms with Crippen molar-refractivity contribution in [1.29, 1.82) is 0 Å². The van der Waals surface area contributed by atoms with Gasteiger partial charge in [0, 0.05) is 58.3 Å². The lowest BCUT2D eigenvalue weighted by Crippen LogP contribution is -2.41. The van der Waals surface area contributed by atoms with Crippen LogP contribution in [0, 0.1) is 0 Å². The number of carbonyl (C=O) groups excluding carboxylic acids is 2. The maximum atomic E-state index is 12.5. The highest BCUT2D eigenvalue weighted by Crippen LogP contribution is 2.18. The summed E-state index contributed by atoms with van der Waals surface area (Å²) in [5.74, 6) is 0.596. The van der Waals surface area contributed by atoms with Crippen molar-refractivity contribution in [2.75, 3.05) is 38.0 Å². The molecule has 2 amide bonds. The fourth-order valence-electron chi connectivity index (χ4n) is 4.45. The second-order valence-corrected chi connectivity index (χ2v) is 8.62. The van der Waals surface area contributed by atoms with Crippen LogP contribution in [0.5, 0.6) is 0 Å². The van der Waals surface area contributed by atoms with Gasteiger partial charge in [0.25, 0.3) is 5.91 Å². The summed E-state index contributed by atoms with van der Waals surface area (Å²) in [7, 11) is 0. The summed E-state index contributed by atoms with van der Waals surface area (Å²) in [6.07, 6.45) is 5.15. The molecule has 170 valence electrons. The van der Waals surface area contributed by atoms with Gasteiger partial charge in [-0.15, -0.1) is 0 Å². The first-order valence-corrected chi connectivity index (χ1v) is 11.5. The number of nitrogens with one attached hydrogen (secondary N) is 2. The van der Waals surface area contributed by atoms with Gasteiger partial charge in [-0.05, 0) is 36.8 Å². The van der Waals surface area contributed by atoms with Crippen LogP contribution in [0.15, 0.2) is 36.7 Å². The fraction of sp³-hybridized carbons (Fsp3) is 0.500. The van der Waals surface area contributed by atoms with E-state index in [2.05, 4.69) is 49.8 Å². The Morgan fingerprint density at radius 3 is 2.66 bits per heavy atom. The van der Waals surface area contributed by atoms with Crippen LogP contribution >= 0.6 is 0 Å². The Morgan fingerprint density at radius 1 is 1.09 bits per heavy atom. The molecule has 1 aromatic carbocycles. The van der Waals surface area contributed by atoms with E-state index < -0.39 is 0 Å². The summed E-state index contributed by atoms with van der Waals surface area (Å²) in [5, 5.41) is 6.36. The third-order valence-corrected chi connectivity index (χ3v) is 6.34. The molecule has 0 unspecified atom stereocenters. The maximum absolute atomic E-state index is 12.5. The molecule has 32 heavy (non-hydrogen) atoms. The molecule has 0 spiro atoms. The van der Waals surface area contributed by atoms with Gasteiger partial charge in [-0.2, -0.15) is 0 Å². The first-order chi connectivity index (χ1) is 15.6. The first-order valence-electron chi connectivity index (χ1n) is 11.5. The minimum atomic E-state index is -0.175. The number of hydrogen-bond donors (Lipinski definition) is 2. The molecule has 0 radical (unpaired) electrons. The average Bonchev–Trinajstić information content (AvgIpc) is 2.82. The summed E-state index contributed by atoms with van der Waals surface area (Å²) in [4.78, 5) is 36.7. The molecular weight excluding hydrogens is 404 g/mol. The second-order valence-electron chi connectivity index (χ2n) is 8.62. The zero-order valence-electron chi connectivity index (χ0n) is 18.7. The van der Waals surface area contributed by atoms with Gasteiger partial charge in [-0.1, -0.05) is 24.3 Å². The third kappa shape index (κ3) is 5.82. The van der Waals surface area contributed by atoms with Crippen LogP contribution in [0.3, 0.4) is 0 Å². The Bertz CT molecular complexity index is 942. The van der Waals surface area contributed by atoms with Crippen molar-refractivity contribution in [3.8, 4) is 0 Å². The van der Waals surface area contributed by atoms with Gasteiger partial charge in [0.2, 0.25) is 5.91 Å². The quantitative estimate of drug-likeness (QED) is 0.646. The average molecular weight is 437 g/mol. The van der Waals surface area contributed by atoms with Crippen LogP contribution in [0.25, 0.3) is 0 Å². The number of aromatic nitrogens is 2. The predicted octanol–water partition coefficient (Wildman–Crippen LogP) is 2.08. The molecule has 0 saturated carbocycles. The summed E-state index contributed by atoms with van der Waals surface area (Å²) in [6.45, 7) is 6.72. The minimum absolute atomic E-state index is 0.120. The number of rotatable bonds is 7. The summed E-state index contributed by atoms with van der Waals surface area (Å²) < 4.78 is 0. The van der Waals surface area contributed by atoms with Gasteiger partial charge in [0.15, 0.2) is 0 Å². The third-order valence-electron chi connectivity index (χ3n) is 6.34. The molecule has 1 aromatic heterocycles. The van der Waals surface area contributed by atoms with E-state index in [1.807, 2.05) is 4.90 Å². The van der Waals surface area contributed by atoms with Crippen molar-refractivity contribution in [2.24, 2.45) is 0 Å². The Kier molecular flexibility index (Phi) is 7.32. The molecule has 3 heterocycles. The molecule has 0 aliphatic carbocycles. The fourth-order valence-corrected chi connectivity index (χ4v) is 4.45. The number of amides is 2. The number of anilines is 1. The highest BCUT2D eigenvalue weighted by molar-refractivity contribution is 5.92. The van der Waals surface area contributed by atoms with Gasteiger partial charge in [-0.25, -0.2) is 9.97 Å². The van der Waals surface area contributed by atoms with Gasteiger partial charge in [0.1, 0.15) is 17.8 Å². The first kappa shape index (κ1) is 22.2. The van der Waals surface area contributed by atoms with Crippen LogP contribution < -0.4 is 10.6 Å². The Morgan fingerprint density at radius 2 is 1.88 bits per heavy atom. The number of carbonyl (C=O) groups is 2. The molecule has 1 fully saturated rings. The smallest absolute Gasteiger partial charge is 0.270 e. The molecule has 2 aliphatic heterocycles. The summed E-state index contributed by atoms with van der Waals surface area (Å²) >= 11 is 0. The molecule has 8 heteroatoms. The summed E-state index contributed by atoms with van der Waals surface area (Å²) in [6, 6.07) is 10.6. The normalized spacial score (nSPS) is 17.0. The van der Waals surface area contributed by atoms with E-state index in [1.54, 1.807) is 13.0 Å². The van der Waals surface area contributed by atoms with Crippen molar-refractivity contribution >= 4 is 17.6 Å². The highest BCUT2D eigenvalue weighted by atomic mass is 16.2. The van der Waals surface area contributed by atoms with Gasteiger partial charge in [0.05, 0.1) is 0 Å². The number of piperidine rings is 1. The van der Waals surface area contributed by atoms with Crippen LogP contribution in [0.2, 0.25) is 0 Å². The van der Waals surface area contributed by atoms with Gasteiger partial charge >= 0.3 is 0 Å². The second kappa shape index (κ2) is 10.5. The van der Waals surface area contributed by atoms with E-state index in [4.69, 9.17) is 0 Å². The lowest BCUT2D eigenvalue weighted by atomic mass is 10.00. The monoisotopic (exact) mass is 436 g/mol. The van der Waals surface area contributed by atoms with Crippen molar-refractivity contribution < 1.29 is 9.59 Å². The van der Waals surface area contributed by atoms with Crippen LogP contribution in [0.4, 0.5) is 5.82 Å². The number of nitrogens with zero attached hydrogens (tertiary/aromatic N) is 4. The van der Waals surface area contributed by atoms with Gasteiger partial charge in [-0.3, -0.25) is 14.5 Å². The lowest BCUT2D eigenvalue weighted by Gasteiger charge is -2.31. The molecule has 8 nitrogen and oxygen atoms in total. The number of benzene rings is 1. The molecule has 2 N–H and O–H groups in total. The van der Waals surface area contributed by atoms with E-state index in [0.717, 1.165) is 58.4 Å². The van der Waals surface area contributed by atoms with E-state index in [1.165, 1.54) is 17.5 Å². The molecular formula is C24H32N6O2. The topological polar surface area (TPSA) is 90.5 Å². The van der Waals surface area contributed by atoms with Gasteiger partial charge < -0.3 is 15.5 Å². The predicted molar refractivity (Wildman–Crippen MR) is 123 cm³/mol. The molecule has 0 atom stereocenters. The molecule has 1 saturated heterocycles. The lowest BCUT2D eigenvalue weighted by molar-refractivity contribution is -0.129. The molecule has 0 bridgehead atoms. The molecule has 2 aromatic rings. The van der Waals surface area contributed by atoms with Crippen LogP contribution in [0.1, 0.15) is 47.8 Å². The SMILES string of the molecule is CC(=O)N1CCC(Nc2cc(C(=O)NCCCN3CCc4ccccc4C3)ncn2)CC1. The van der Waals surface area contributed by atoms with E-state index in [-0.39, 0.29) is 17.9 Å². The largest absolute Gasteiger partial charge is 0.367 e. The zero-order valence-corrected chi connectivity index (χ0v) is 18.7. The number of fused-ring (bicyclic) bond motifs is 1.